The van der Waals surface area contributed by atoms with E-state index in [9.17, 15) is 0 Å². The fraction of sp³-hybridized carbons (Fsp3) is 1.00. The molecular weight excluding hydrogens is 580 g/mol. The molecule has 0 unspecified atom stereocenters. The molecule has 18 heavy (non-hydrogen) atoms. The summed E-state index contributed by atoms with van der Waals surface area (Å²) in [5.41, 5.74) is 0. The molecule has 0 aromatic rings. The molecular formula is C8H24Se4Si6. The van der Waals surface area contributed by atoms with Crippen molar-refractivity contribution in [1.29, 1.82) is 0 Å². The van der Waals surface area contributed by atoms with Crippen LogP contribution in [0.4, 0.5) is 0 Å². The van der Waals surface area contributed by atoms with Crippen LogP contribution in [0.5, 0.6) is 0 Å². The van der Waals surface area contributed by atoms with E-state index in [1.165, 1.54) is 54.7 Å². The van der Waals surface area contributed by atoms with Gasteiger partial charge in [0.1, 0.15) is 0 Å². The van der Waals surface area contributed by atoms with Crippen LogP contribution in [0, 0.1) is 0 Å². The Morgan fingerprint density at radius 1 is 0.389 bits per heavy atom. The van der Waals surface area contributed by atoms with Crippen molar-refractivity contribution >= 4 is 88.1 Å². The average molecular weight is 605 g/mol. The summed E-state index contributed by atoms with van der Waals surface area (Å²) in [5.74, 6) is 0. The maximum atomic E-state index is 3.00. The van der Waals surface area contributed by atoms with Crippen LogP contribution in [0.15, 0.2) is 0 Å². The van der Waals surface area contributed by atoms with Gasteiger partial charge in [-0.25, -0.2) is 0 Å². The van der Waals surface area contributed by atoms with Crippen molar-refractivity contribution in [1.82, 2.24) is 0 Å². The van der Waals surface area contributed by atoms with E-state index in [0.717, 1.165) is 0 Å². The average Bonchev–Trinajstić information content (AvgIpc) is 2.09. The Morgan fingerprint density at radius 3 is 0.722 bits per heavy atom. The minimum atomic E-state index is -0.672. The van der Waals surface area contributed by atoms with Gasteiger partial charge in [0.25, 0.3) is 0 Å². The molecule has 0 aliphatic carbocycles. The van der Waals surface area contributed by atoms with E-state index in [-0.39, 0.29) is 0 Å². The molecule has 0 saturated carbocycles. The van der Waals surface area contributed by atoms with Gasteiger partial charge in [-0.15, -0.1) is 0 Å². The molecule has 4 fully saturated rings. The summed E-state index contributed by atoms with van der Waals surface area (Å²) >= 11 is 5.23. The topological polar surface area (TPSA) is 0 Å². The summed E-state index contributed by atoms with van der Waals surface area (Å²) in [7, 11) is -1.34. The van der Waals surface area contributed by atoms with Crippen LogP contribution in [0.1, 0.15) is 0 Å². The minimum absolute atomic E-state index is 0.619. The molecule has 4 rings (SSSR count). The van der Waals surface area contributed by atoms with Gasteiger partial charge >= 0.3 is 141 Å². The van der Waals surface area contributed by atoms with Crippen molar-refractivity contribution in [2.75, 3.05) is 0 Å². The Hall–Kier alpha value is 3.38. The molecule has 4 aliphatic heterocycles. The molecule has 0 atom stereocenters. The van der Waals surface area contributed by atoms with Crippen molar-refractivity contribution < 1.29 is 0 Å². The molecule has 0 N–H and O–H groups in total. The zero-order valence-corrected chi connectivity index (χ0v) is 25.5. The third-order valence-electron chi connectivity index (χ3n) is 6.10. The molecule has 0 aromatic heterocycles. The van der Waals surface area contributed by atoms with Crippen LogP contribution in [0.2, 0.25) is 52.4 Å². The van der Waals surface area contributed by atoms with E-state index >= 15 is 0 Å². The standard InChI is InChI=1S/C8H24Se4Si6/c1-13(2)15(5)9-17(7)11-16(13,6)12-18(8,10-15)14(17,3)4/h1-8H3. The fourth-order valence-electron chi connectivity index (χ4n) is 3.42. The van der Waals surface area contributed by atoms with Gasteiger partial charge in [-0.2, -0.15) is 0 Å². The number of rotatable bonds is 0. The second-order valence-electron chi connectivity index (χ2n) is 7.44. The van der Waals surface area contributed by atoms with Gasteiger partial charge < -0.3 is 0 Å². The number of hydrogen-bond acceptors (Lipinski definition) is 0. The molecule has 0 radical (unpaired) electrons. The van der Waals surface area contributed by atoms with Gasteiger partial charge in [0.2, 0.25) is 0 Å². The van der Waals surface area contributed by atoms with Crippen LogP contribution in [0.3, 0.4) is 0 Å². The van der Waals surface area contributed by atoms with Gasteiger partial charge in [-0.1, -0.05) is 0 Å². The summed E-state index contributed by atoms with van der Waals surface area (Å²) < 4.78 is 0. The molecule has 4 aliphatic rings. The van der Waals surface area contributed by atoms with Gasteiger partial charge in [0.15, 0.2) is 0 Å². The molecule has 0 aromatic carbocycles. The van der Waals surface area contributed by atoms with Gasteiger partial charge in [0, 0.05) is 0 Å². The van der Waals surface area contributed by atoms with Crippen LogP contribution < -0.4 is 0 Å². The third-order valence-corrected chi connectivity index (χ3v) is 342. The first-order valence-corrected chi connectivity index (χ1v) is 46.5. The third kappa shape index (κ3) is 1.63. The predicted octanol–water partition coefficient (Wildman–Crippen LogP) is 0.862. The van der Waals surface area contributed by atoms with E-state index < -0.39 is 33.4 Å². The Kier molecular flexibility index (Phi) is 3.67. The molecule has 104 valence electrons. The van der Waals surface area contributed by atoms with Gasteiger partial charge in [-0.05, 0) is 0 Å². The van der Waals surface area contributed by atoms with Crippen LogP contribution in [-0.2, 0) is 0 Å². The van der Waals surface area contributed by atoms with E-state index in [0.29, 0.717) is 0 Å². The first-order chi connectivity index (χ1) is 7.83. The van der Waals surface area contributed by atoms with Crippen molar-refractivity contribution in [3.63, 3.8) is 0 Å². The molecule has 10 heteroatoms. The van der Waals surface area contributed by atoms with Crippen molar-refractivity contribution in [3.05, 3.63) is 0 Å². The Morgan fingerprint density at radius 2 is 0.556 bits per heavy atom. The maximum absolute atomic E-state index is 3.00. The molecule has 4 heterocycles. The normalized spacial score (nSPS) is 60.0. The van der Waals surface area contributed by atoms with E-state index in [2.05, 4.69) is 52.4 Å². The summed E-state index contributed by atoms with van der Waals surface area (Å²) in [6.45, 7) is 23.8. The van der Waals surface area contributed by atoms with E-state index in [1.807, 2.05) is 0 Å². The monoisotopic (exact) mass is 608 g/mol. The molecule has 4 bridgehead atoms. The summed E-state index contributed by atoms with van der Waals surface area (Å²) in [5, 5.41) is 0. The fourth-order valence-corrected chi connectivity index (χ4v) is 854. The van der Waals surface area contributed by atoms with Crippen LogP contribution in [0.25, 0.3) is 0 Å². The molecule has 0 nitrogen and oxygen atoms in total. The van der Waals surface area contributed by atoms with Gasteiger partial charge in [0.05, 0.1) is 0 Å². The van der Waals surface area contributed by atoms with E-state index in [4.69, 9.17) is 0 Å². The first kappa shape index (κ1) is 16.2. The van der Waals surface area contributed by atoms with E-state index in [1.54, 1.807) is 0 Å². The zero-order valence-electron chi connectivity index (χ0n) is 12.6. The molecule has 0 spiro atoms. The second kappa shape index (κ2) is 4.07. The summed E-state index contributed by atoms with van der Waals surface area (Å²) in [6, 6.07) is 0. The van der Waals surface area contributed by atoms with Crippen molar-refractivity contribution in [2.24, 2.45) is 0 Å². The zero-order chi connectivity index (χ0) is 13.8. The van der Waals surface area contributed by atoms with Crippen LogP contribution in [-0.4, -0.2) is 88.1 Å². The van der Waals surface area contributed by atoms with Gasteiger partial charge in [-0.3, -0.25) is 0 Å². The number of hydrogen-bond donors (Lipinski definition) is 0. The summed E-state index contributed by atoms with van der Waals surface area (Å²) in [6.07, 6.45) is 0. The van der Waals surface area contributed by atoms with Crippen molar-refractivity contribution in [3.8, 4) is 0 Å². The first-order valence-electron chi connectivity index (χ1n) is 6.63. The van der Waals surface area contributed by atoms with Crippen molar-refractivity contribution in [2.45, 2.75) is 52.4 Å². The Bertz CT molecular complexity index is 353. The quantitative estimate of drug-likeness (QED) is 0.361. The Labute approximate surface area is 138 Å². The Balaban J connectivity index is 2.24. The second-order valence-corrected chi connectivity index (χ2v) is 146. The molecule has 4 saturated heterocycles. The molecule has 0 amide bonds. The summed E-state index contributed by atoms with van der Waals surface area (Å²) in [4.78, 5) is -2.47. The predicted molar refractivity (Wildman–Crippen MR) is 104 cm³/mol. The SMILES string of the molecule is C[Si]12[Se][Si]3(C)[Se][Si](C)([Se][Si](C)([Se]1)[Si]3(C)C)[Si]2(C)C. The van der Waals surface area contributed by atoms with Crippen LogP contribution >= 0.6 is 0 Å².